The van der Waals surface area contributed by atoms with Crippen LogP contribution in [0.25, 0.3) is 22.3 Å². The molecule has 3 aromatic rings. The number of aromatic nitrogens is 4. The maximum Gasteiger partial charge on any atom is 0.323 e. The van der Waals surface area contributed by atoms with Gasteiger partial charge in [0.25, 0.3) is 0 Å². The Balaban J connectivity index is 2.12. The summed E-state index contributed by atoms with van der Waals surface area (Å²) in [5.74, 6) is 0.764. The fourth-order valence-electron chi connectivity index (χ4n) is 2.07. The van der Waals surface area contributed by atoms with Crippen molar-refractivity contribution in [1.82, 2.24) is 20.2 Å². The van der Waals surface area contributed by atoms with Crippen LogP contribution in [0.3, 0.4) is 0 Å². The van der Waals surface area contributed by atoms with E-state index in [1.165, 1.54) is 0 Å². The van der Waals surface area contributed by atoms with Gasteiger partial charge < -0.3 is 15.3 Å². The molecular weight excluding hydrogens is 242 g/mol. The molecule has 0 bridgehead atoms. The smallest absolute Gasteiger partial charge is 0.323 e. The maximum atomic E-state index is 11.2. The number of aromatic amines is 2. The lowest BCUT2D eigenvalue weighted by Gasteiger charge is -2.05. The first-order valence-corrected chi connectivity index (χ1v) is 5.92. The maximum absolute atomic E-state index is 11.2. The predicted octanol–water partition coefficient (Wildman–Crippen LogP) is 1.66. The van der Waals surface area contributed by atoms with Gasteiger partial charge in [0.1, 0.15) is 0 Å². The third-order valence-corrected chi connectivity index (χ3v) is 3.03. The third kappa shape index (κ3) is 1.97. The number of hydrogen-bond donors (Lipinski definition) is 3. The van der Waals surface area contributed by atoms with Gasteiger partial charge >= 0.3 is 5.69 Å². The van der Waals surface area contributed by atoms with Crippen LogP contribution in [0.5, 0.6) is 0 Å². The predicted molar refractivity (Wildman–Crippen MR) is 74.2 cm³/mol. The van der Waals surface area contributed by atoms with Crippen molar-refractivity contribution in [1.29, 1.82) is 0 Å². The Morgan fingerprint density at radius 1 is 1.11 bits per heavy atom. The van der Waals surface area contributed by atoms with Crippen LogP contribution in [0.1, 0.15) is 5.56 Å². The van der Waals surface area contributed by atoms with Gasteiger partial charge in [-0.3, -0.25) is 0 Å². The molecule has 0 spiro atoms. The number of benzene rings is 1. The standard InChI is InChI=1S/C13H13N5O/c1-7-5-10(17-18-12(7)14-2)8-3-4-9-11(6-8)16-13(19)15-9/h3-6H,1-2H3,(H,14,18)(H2,15,16,19). The van der Waals surface area contributed by atoms with Crippen molar-refractivity contribution in [2.45, 2.75) is 6.92 Å². The second-order valence-corrected chi connectivity index (χ2v) is 4.35. The average molecular weight is 255 g/mol. The molecule has 0 saturated carbocycles. The Kier molecular flexibility index (Phi) is 2.56. The average Bonchev–Trinajstić information content (AvgIpc) is 2.77. The van der Waals surface area contributed by atoms with Crippen LogP contribution >= 0.6 is 0 Å². The molecule has 0 aliphatic heterocycles. The lowest BCUT2D eigenvalue weighted by Crippen LogP contribution is -1.99. The highest BCUT2D eigenvalue weighted by molar-refractivity contribution is 5.80. The molecular formula is C13H13N5O. The van der Waals surface area contributed by atoms with E-state index in [4.69, 9.17) is 0 Å². The normalized spacial score (nSPS) is 10.8. The van der Waals surface area contributed by atoms with Crippen molar-refractivity contribution in [3.8, 4) is 11.3 Å². The van der Waals surface area contributed by atoms with Crippen LogP contribution in [-0.2, 0) is 0 Å². The third-order valence-electron chi connectivity index (χ3n) is 3.03. The summed E-state index contributed by atoms with van der Waals surface area (Å²) < 4.78 is 0. The molecule has 0 saturated heterocycles. The zero-order valence-corrected chi connectivity index (χ0v) is 10.6. The zero-order chi connectivity index (χ0) is 13.4. The number of H-pyrrole nitrogens is 2. The molecule has 0 aliphatic carbocycles. The molecule has 3 N–H and O–H groups in total. The molecule has 6 heteroatoms. The van der Waals surface area contributed by atoms with Gasteiger partial charge in [-0.1, -0.05) is 6.07 Å². The Morgan fingerprint density at radius 2 is 1.89 bits per heavy atom. The van der Waals surface area contributed by atoms with E-state index in [1.807, 2.05) is 38.2 Å². The lowest BCUT2D eigenvalue weighted by atomic mass is 10.1. The van der Waals surface area contributed by atoms with Crippen molar-refractivity contribution in [2.75, 3.05) is 12.4 Å². The van der Waals surface area contributed by atoms with Crippen molar-refractivity contribution in [2.24, 2.45) is 0 Å². The SMILES string of the molecule is CNc1nnc(-c2ccc3[nH]c(=O)[nH]c3c2)cc1C. The molecule has 1 aromatic carbocycles. The van der Waals surface area contributed by atoms with E-state index in [2.05, 4.69) is 25.5 Å². The van der Waals surface area contributed by atoms with E-state index in [0.717, 1.165) is 33.7 Å². The number of nitrogens with zero attached hydrogens (tertiary/aromatic N) is 2. The van der Waals surface area contributed by atoms with Gasteiger partial charge in [-0.15, -0.1) is 10.2 Å². The molecule has 6 nitrogen and oxygen atoms in total. The van der Waals surface area contributed by atoms with Crippen LogP contribution in [-0.4, -0.2) is 27.2 Å². The summed E-state index contributed by atoms with van der Waals surface area (Å²) >= 11 is 0. The number of nitrogens with one attached hydrogen (secondary N) is 3. The highest BCUT2D eigenvalue weighted by Crippen LogP contribution is 2.22. The van der Waals surface area contributed by atoms with Gasteiger partial charge in [0.05, 0.1) is 16.7 Å². The van der Waals surface area contributed by atoms with Crippen LogP contribution in [0.2, 0.25) is 0 Å². The van der Waals surface area contributed by atoms with E-state index in [1.54, 1.807) is 0 Å². The van der Waals surface area contributed by atoms with Crippen LogP contribution < -0.4 is 11.0 Å². The topological polar surface area (TPSA) is 86.5 Å². The summed E-state index contributed by atoms with van der Waals surface area (Å²) in [7, 11) is 1.81. The molecule has 0 atom stereocenters. The van der Waals surface area contributed by atoms with E-state index in [0.29, 0.717) is 0 Å². The van der Waals surface area contributed by atoms with Crippen molar-refractivity contribution in [3.63, 3.8) is 0 Å². The molecule has 0 radical (unpaired) electrons. The van der Waals surface area contributed by atoms with Gasteiger partial charge in [-0.25, -0.2) is 4.79 Å². The number of aryl methyl sites for hydroxylation is 1. The van der Waals surface area contributed by atoms with Gasteiger partial charge in [-0.2, -0.15) is 0 Å². The van der Waals surface area contributed by atoms with Gasteiger partial charge in [0.15, 0.2) is 5.82 Å². The lowest BCUT2D eigenvalue weighted by molar-refractivity contribution is 1.02. The fraction of sp³-hybridized carbons (Fsp3) is 0.154. The first kappa shape index (κ1) is 11.5. The highest BCUT2D eigenvalue weighted by Gasteiger charge is 2.06. The molecule has 0 amide bonds. The first-order valence-electron chi connectivity index (χ1n) is 5.92. The first-order chi connectivity index (χ1) is 9.17. The molecule has 2 aromatic heterocycles. The molecule has 0 unspecified atom stereocenters. The molecule has 0 aliphatic rings. The summed E-state index contributed by atoms with van der Waals surface area (Å²) in [5.41, 5.74) is 4.06. The second-order valence-electron chi connectivity index (χ2n) is 4.35. The minimum atomic E-state index is -0.208. The van der Waals surface area contributed by atoms with E-state index >= 15 is 0 Å². The van der Waals surface area contributed by atoms with Crippen molar-refractivity contribution in [3.05, 3.63) is 40.3 Å². The molecule has 3 rings (SSSR count). The Bertz CT molecular complexity index is 802. The van der Waals surface area contributed by atoms with Gasteiger partial charge in [0.2, 0.25) is 0 Å². The summed E-state index contributed by atoms with van der Waals surface area (Å²) in [4.78, 5) is 16.7. The highest BCUT2D eigenvalue weighted by atomic mass is 16.1. The summed E-state index contributed by atoms with van der Waals surface area (Å²) in [6, 6.07) is 7.61. The number of hydrogen-bond acceptors (Lipinski definition) is 4. The largest absolute Gasteiger partial charge is 0.371 e. The Hall–Kier alpha value is -2.63. The Morgan fingerprint density at radius 3 is 2.63 bits per heavy atom. The fourth-order valence-corrected chi connectivity index (χ4v) is 2.07. The van der Waals surface area contributed by atoms with Gasteiger partial charge in [-0.05, 0) is 30.7 Å². The van der Waals surface area contributed by atoms with Crippen LogP contribution in [0, 0.1) is 6.92 Å². The van der Waals surface area contributed by atoms with E-state index < -0.39 is 0 Å². The molecule has 96 valence electrons. The molecule has 0 fully saturated rings. The number of anilines is 1. The van der Waals surface area contributed by atoms with Crippen LogP contribution in [0.4, 0.5) is 5.82 Å². The second kappa shape index (κ2) is 4.24. The monoisotopic (exact) mass is 255 g/mol. The molecule has 2 heterocycles. The van der Waals surface area contributed by atoms with Crippen molar-refractivity contribution < 1.29 is 0 Å². The van der Waals surface area contributed by atoms with E-state index in [9.17, 15) is 4.79 Å². The van der Waals surface area contributed by atoms with Crippen molar-refractivity contribution >= 4 is 16.9 Å². The Labute approximate surface area is 108 Å². The summed E-state index contributed by atoms with van der Waals surface area (Å²) in [5, 5.41) is 11.3. The minimum absolute atomic E-state index is 0.208. The minimum Gasteiger partial charge on any atom is -0.371 e. The van der Waals surface area contributed by atoms with E-state index in [-0.39, 0.29) is 5.69 Å². The number of imidazole rings is 1. The number of fused-ring (bicyclic) bond motifs is 1. The summed E-state index contributed by atoms with van der Waals surface area (Å²) in [6.45, 7) is 1.97. The quantitative estimate of drug-likeness (QED) is 0.650. The van der Waals surface area contributed by atoms with Gasteiger partial charge in [0, 0.05) is 12.6 Å². The molecule has 19 heavy (non-hydrogen) atoms. The zero-order valence-electron chi connectivity index (χ0n) is 10.6. The number of rotatable bonds is 2. The summed E-state index contributed by atoms with van der Waals surface area (Å²) in [6.07, 6.45) is 0. The van der Waals surface area contributed by atoms with Crippen LogP contribution in [0.15, 0.2) is 29.1 Å².